The van der Waals surface area contributed by atoms with E-state index in [9.17, 15) is 34.5 Å². The fourth-order valence-corrected chi connectivity index (χ4v) is 10.2. The lowest BCUT2D eigenvalue weighted by Crippen LogP contribution is -2.61. The highest BCUT2D eigenvalue weighted by molar-refractivity contribution is 5.74. The molecule has 0 bridgehead atoms. The van der Waals surface area contributed by atoms with Crippen LogP contribution in [0.15, 0.2) is 97.2 Å². The Labute approximate surface area is 530 Å². The molecule has 12 heteroatoms. The molecule has 6 unspecified atom stereocenters. The first kappa shape index (κ1) is 80.7. The SMILES string of the molecule is CC/C=C\C/C=C\C/C=C\C/C=C\C/C=C\CCCCCC(=O)OCC(COC1OC(C(=O)O)C(O)C(O)C1OC(=O)CCCCCCCCCCC/C=C\CCCCCCCC)OC(=O)CCCCCCCCCCC/C=C\C/C=C\CCCCC. The maximum Gasteiger partial charge on any atom is 0.335 e. The third kappa shape index (κ3) is 51.1. The smallest absolute Gasteiger partial charge is 0.335 e. The molecule has 1 fully saturated rings. The van der Waals surface area contributed by atoms with Gasteiger partial charge in [0.05, 0.1) is 6.61 Å². The second-order valence-corrected chi connectivity index (χ2v) is 23.8. The van der Waals surface area contributed by atoms with Crippen LogP contribution < -0.4 is 0 Å². The molecule has 0 amide bonds. The number of aliphatic hydroxyl groups excluding tert-OH is 2. The summed E-state index contributed by atoms with van der Waals surface area (Å²) in [7, 11) is 0. The van der Waals surface area contributed by atoms with Crippen LogP contribution >= 0.6 is 0 Å². The molecular formula is C75H126O12. The van der Waals surface area contributed by atoms with Crippen LogP contribution in [0.25, 0.3) is 0 Å². The second kappa shape index (κ2) is 61.9. The number of aliphatic carboxylic acids is 1. The minimum Gasteiger partial charge on any atom is -0.479 e. The number of hydrogen-bond acceptors (Lipinski definition) is 11. The summed E-state index contributed by atoms with van der Waals surface area (Å²) in [6.45, 7) is 5.86. The Hall–Kier alpha value is -4.36. The zero-order valence-electron chi connectivity index (χ0n) is 55.2. The van der Waals surface area contributed by atoms with Gasteiger partial charge in [0.15, 0.2) is 24.6 Å². The van der Waals surface area contributed by atoms with Gasteiger partial charge in [0.1, 0.15) is 18.8 Å². The highest BCUT2D eigenvalue weighted by atomic mass is 16.7. The van der Waals surface area contributed by atoms with E-state index in [1.165, 1.54) is 122 Å². The van der Waals surface area contributed by atoms with Crippen LogP contribution in [0, 0.1) is 0 Å². The zero-order chi connectivity index (χ0) is 63.1. The van der Waals surface area contributed by atoms with Crippen LogP contribution in [0.1, 0.15) is 303 Å². The van der Waals surface area contributed by atoms with Crippen LogP contribution in [0.5, 0.6) is 0 Å². The Bertz CT molecular complexity index is 1880. The third-order valence-corrected chi connectivity index (χ3v) is 15.6. The molecule has 1 heterocycles. The maximum atomic E-state index is 13.3. The molecule has 0 saturated carbocycles. The van der Waals surface area contributed by atoms with Gasteiger partial charge in [0.25, 0.3) is 0 Å². The number of hydrogen-bond donors (Lipinski definition) is 3. The van der Waals surface area contributed by atoms with Crippen molar-refractivity contribution in [2.75, 3.05) is 13.2 Å². The molecule has 6 atom stereocenters. The number of carboxylic acid groups (broad SMARTS) is 1. The Balaban J connectivity index is 2.66. The predicted molar refractivity (Wildman–Crippen MR) is 358 cm³/mol. The van der Waals surface area contributed by atoms with Gasteiger partial charge in [-0.25, -0.2) is 4.79 Å². The number of allylic oxidation sites excluding steroid dienone is 16. The molecule has 0 aromatic rings. The van der Waals surface area contributed by atoms with E-state index in [2.05, 4.69) is 118 Å². The summed E-state index contributed by atoms with van der Waals surface area (Å²) < 4.78 is 28.6. The van der Waals surface area contributed by atoms with Crippen molar-refractivity contribution < 1.29 is 58.2 Å². The Morgan fingerprint density at radius 1 is 0.391 bits per heavy atom. The lowest BCUT2D eigenvalue weighted by molar-refractivity contribution is -0.301. The molecular weight excluding hydrogens is 1090 g/mol. The number of carbonyl (C=O) groups is 4. The molecule has 0 aromatic carbocycles. The van der Waals surface area contributed by atoms with Crippen molar-refractivity contribution in [2.24, 2.45) is 0 Å². The van der Waals surface area contributed by atoms with Crippen molar-refractivity contribution in [1.29, 1.82) is 0 Å². The predicted octanol–water partition coefficient (Wildman–Crippen LogP) is 19.6. The highest BCUT2D eigenvalue weighted by Gasteiger charge is 2.50. The minimum absolute atomic E-state index is 0.0519. The van der Waals surface area contributed by atoms with Gasteiger partial charge in [-0.1, -0.05) is 259 Å². The van der Waals surface area contributed by atoms with Gasteiger partial charge in [-0.15, -0.1) is 0 Å². The first-order chi connectivity index (χ1) is 42.6. The van der Waals surface area contributed by atoms with E-state index >= 15 is 0 Å². The van der Waals surface area contributed by atoms with Gasteiger partial charge in [-0.05, 0) is 122 Å². The monoisotopic (exact) mass is 1220 g/mol. The van der Waals surface area contributed by atoms with Gasteiger partial charge >= 0.3 is 23.9 Å². The van der Waals surface area contributed by atoms with Crippen LogP contribution in [0.4, 0.5) is 0 Å². The van der Waals surface area contributed by atoms with Crippen molar-refractivity contribution >= 4 is 23.9 Å². The average molecular weight is 1220 g/mol. The van der Waals surface area contributed by atoms with Crippen molar-refractivity contribution in [1.82, 2.24) is 0 Å². The molecule has 1 aliphatic heterocycles. The van der Waals surface area contributed by atoms with E-state index in [4.69, 9.17) is 23.7 Å². The second-order valence-electron chi connectivity index (χ2n) is 23.8. The van der Waals surface area contributed by atoms with Gasteiger partial charge in [0, 0.05) is 19.3 Å². The summed E-state index contributed by atoms with van der Waals surface area (Å²) in [5, 5.41) is 31.7. The van der Waals surface area contributed by atoms with Crippen LogP contribution in [0.3, 0.4) is 0 Å². The van der Waals surface area contributed by atoms with Gasteiger partial charge < -0.3 is 39.0 Å². The summed E-state index contributed by atoms with van der Waals surface area (Å²) in [4.78, 5) is 51.5. The van der Waals surface area contributed by atoms with Gasteiger partial charge in [-0.2, -0.15) is 0 Å². The largest absolute Gasteiger partial charge is 0.479 e. The van der Waals surface area contributed by atoms with E-state index in [1.54, 1.807) is 0 Å². The normalized spacial score (nSPS) is 17.9. The number of rotatable bonds is 60. The van der Waals surface area contributed by atoms with E-state index in [0.29, 0.717) is 19.3 Å². The molecule has 0 aliphatic carbocycles. The standard InChI is InChI=1S/C75H126O12/c1-4-7-10-13-16-19-22-25-28-31-34-37-40-43-46-49-52-55-58-61-67(76)83-64-66(85-68(77)62-59-56-53-50-47-44-41-38-35-32-29-26-23-20-17-14-11-8-5-2)65-84-75-73(71(80)70(79)72(87-75)74(81)82)86-69(78)63-60-57-54-51-48-45-42-39-36-33-30-27-24-21-18-15-12-9-6-3/h7,10,16-17,19-20,25-30,34,37,43,46,66,70-73,75,79-80H,4-6,8-9,11-15,18,21-24,31-33,35-36,38-42,44-45,47-65H2,1-3H3,(H,81,82)/b10-7-,19-16-,20-17-,28-25-,29-26-,30-27-,37-34-,46-43-. The summed E-state index contributed by atoms with van der Waals surface area (Å²) in [5.74, 6) is -3.16. The van der Waals surface area contributed by atoms with Gasteiger partial charge in [0.2, 0.25) is 0 Å². The molecule has 0 spiro atoms. The van der Waals surface area contributed by atoms with Crippen molar-refractivity contribution in [3.63, 3.8) is 0 Å². The van der Waals surface area contributed by atoms with E-state index in [-0.39, 0.29) is 25.9 Å². The first-order valence-corrected chi connectivity index (χ1v) is 35.2. The number of carboxylic acids is 1. The van der Waals surface area contributed by atoms with Crippen molar-refractivity contribution in [2.45, 2.75) is 340 Å². The summed E-state index contributed by atoms with van der Waals surface area (Å²) in [5.41, 5.74) is 0. The molecule has 3 N–H and O–H groups in total. The quantitative estimate of drug-likeness (QED) is 0.0228. The lowest BCUT2D eigenvalue weighted by atomic mass is 9.98. The van der Waals surface area contributed by atoms with E-state index < -0.39 is 67.3 Å². The van der Waals surface area contributed by atoms with Gasteiger partial charge in [-0.3, -0.25) is 14.4 Å². The average Bonchev–Trinajstić information content (AvgIpc) is 2.56. The molecule has 1 saturated heterocycles. The molecule has 1 aliphatic rings. The number of unbranched alkanes of at least 4 members (excludes halogenated alkanes) is 30. The number of esters is 3. The number of aliphatic hydroxyl groups is 2. The van der Waals surface area contributed by atoms with Crippen LogP contribution in [0.2, 0.25) is 0 Å². The van der Waals surface area contributed by atoms with E-state index in [1.807, 2.05) is 0 Å². The molecule has 12 nitrogen and oxygen atoms in total. The number of carbonyl (C=O) groups excluding carboxylic acids is 3. The minimum atomic E-state index is -1.91. The highest BCUT2D eigenvalue weighted by Crippen LogP contribution is 2.27. The molecule has 1 rings (SSSR count). The summed E-state index contributed by atoms with van der Waals surface area (Å²) in [6, 6.07) is 0. The summed E-state index contributed by atoms with van der Waals surface area (Å²) in [6.07, 6.45) is 70.7. The van der Waals surface area contributed by atoms with Crippen LogP contribution in [-0.4, -0.2) is 89.2 Å². The Kier molecular flexibility index (Phi) is 57.3. The first-order valence-electron chi connectivity index (χ1n) is 35.2. The maximum absolute atomic E-state index is 13.3. The fourth-order valence-electron chi connectivity index (χ4n) is 10.2. The van der Waals surface area contributed by atoms with Crippen molar-refractivity contribution in [3.05, 3.63) is 97.2 Å². The summed E-state index contributed by atoms with van der Waals surface area (Å²) >= 11 is 0. The Morgan fingerprint density at radius 3 is 1.15 bits per heavy atom. The fraction of sp³-hybridized carbons (Fsp3) is 0.733. The molecule has 498 valence electrons. The molecule has 0 aromatic heterocycles. The molecule has 87 heavy (non-hydrogen) atoms. The van der Waals surface area contributed by atoms with E-state index in [0.717, 1.165) is 122 Å². The topological polar surface area (TPSA) is 175 Å². The molecule has 0 radical (unpaired) electrons. The number of ether oxygens (including phenoxy) is 5. The zero-order valence-corrected chi connectivity index (χ0v) is 55.2. The lowest BCUT2D eigenvalue weighted by Gasteiger charge is -2.40. The third-order valence-electron chi connectivity index (χ3n) is 15.6. The van der Waals surface area contributed by atoms with Crippen molar-refractivity contribution in [3.8, 4) is 0 Å². The Morgan fingerprint density at radius 2 is 0.724 bits per heavy atom. The van der Waals surface area contributed by atoms with Crippen LogP contribution in [-0.2, 0) is 42.9 Å².